The zero-order chi connectivity index (χ0) is 13.5. The number of aryl methyl sites for hydroxylation is 1. The minimum absolute atomic E-state index is 0. The lowest BCUT2D eigenvalue weighted by atomic mass is 9.89. The van der Waals surface area contributed by atoms with Crippen LogP contribution in [0, 0.1) is 5.92 Å². The highest BCUT2D eigenvalue weighted by Crippen LogP contribution is 2.22. The molecule has 0 saturated heterocycles. The van der Waals surface area contributed by atoms with Gasteiger partial charge in [-0.25, -0.2) is 0 Å². The highest BCUT2D eigenvalue weighted by atomic mass is 35.5. The fourth-order valence-corrected chi connectivity index (χ4v) is 2.75. The van der Waals surface area contributed by atoms with E-state index in [0.29, 0.717) is 12.3 Å². The van der Waals surface area contributed by atoms with Crippen molar-refractivity contribution in [3.63, 3.8) is 0 Å². The van der Waals surface area contributed by atoms with Crippen LogP contribution in [0.25, 0.3) is 0 Å². The number of amides is 1. The highest BCUT2D eigenvalue weighted by Gasteiger charge is 2.14. The maximum Gasteiger partial charge on any atom is 0.220 e. The molecular formula is C16H25ClN2O. The van der Waals surface area contributed by atoms with Crippen LogP contribution in [0.5, 0.6) is 0 Å². The highest BCUT2D eigenvalue weighted by molar-refractivity contribution is 5.85. The summed E-state index contributed by atoms with van der Waals surface area (Å²) in [5.74, 6) is 0.841. The molecule has 2 rings (SSSR count). The number of anilines is 1. The second-order valence-electron chi connectivity index (χ2n) is 5.51. The summed E-state index contributed by atoms with van der Waals surface area (Å²) in [4.78, 5) is 11.8. The van der Waals surface area contributed by atoms with Crippen molar-refractivity contribution in [3.05, 3.63) is 29.8 Å². The average molecular weight is 297 g/mol. The Balaban J connectivity index is 0.00000200. The largest absolute Gasteiger partial charge is 0.399 e. The van der Waals surface area contributed by atoms with Crippen LogP contribution in [0.3, 0.4) is 0 Å². The van der Waals surface area contributed by atoms with Crippen LogP contribution in [-0.4, -0.2) is 12.5 Å². The number of benzene rings is 1. The van der Waals surface area contributed by atoms with Gasteiger partial charge in [-0.2, -0.15) is 0 Å². The molecule has 0 unspecified atom stereocenters. The van der Waals surface area contributed by atoms with Crippen molar-refractivity contribution in [2.75, 3.05) is 12.3 Å². The Morgan fingerprint density at radius 1 is 1.20 bits per heavy atom. The fraction of sp³-hybridized carbons (Fsp3) is 0.562. The van der Waals surface area contributed by atoms with Crippen LogP contribution in [0.4, 0.5) is 5.69 Å². The smallest absolute Gasteiger partial charge is 0.220 e. The lowest BCUT2D eigenvalue weighted by molar-refractivity contribution is -0.121. The monoisotopic (exact) mass is 296 g/mol. The first-order chi connectivity index (χ1) is 9.25. The molecular weight excluding hydrogens is 272 g/mol. The number of rotatable bonds is 5. The minimum Gasteiger partial charge on any atom is -0.399 e. The third-order valence-electron chi connectivity index (χ3n) is 3.99. The number of hydrogen-bond donors (Lipinski definition) is 2. The van der Waals surface area contributed by atoms with E-state index in [-0.39, 0.29) is 18.3 Å². The number of para-hydroxylation sites is 1. The fourth-order valence-electron chi connectivity index (χ4n) is 2.75. The normalized spacial score (nSPS) is 15.4. The van der Waals surface area contributed by atoms with E-state index in [1.807, 2.05) is 24.3 Å². The zero-order valence-corrected chi connectivity index (χ0v) is 12.8. The Morgan fingerprint density at radius 2 is 1.90 bits per heavy atom. The van der Waals surface area contributed by atoms with Gasteiger partial charge >= 0.3 is 0 Å². The van der Waals surface area contributed by atoms with Gasteiger partial charge in [0.1, 0.15) is 0 Å². The van der Waals surface area contributed by atoms with Crippen molar-refractivity contribution in [1.82, 2.24) is 5.32 Å². The number of carbonyl (C=O) groups is 1. The van der Waals surface area contributed by atoms with Crippen LogP contribution in [0.2, 0.25) is 0 Å². The van der Waals surface area contributed by atoms with E-state index >= 15 is 0 Å². The summed E-state index contributed by atoms with van der Waals surface area (Å²) < 4.78 is 0. The average Bonchev–Trinajstić information content (AvgIpc) is 2.45. The molecule has 3 nitrogen and oxygen atoms in total. The van der Waals surface area contributed by atoms with E-state index in [1.165, 1.54) is 32.1 Å². The summed E-state index contributed by atoms with van der Waals surface area (Å²) in [5.41, 5.74) is 7.71. The van der Waals surface area contributed by atoms with Crippen molar-refractivity contribution in [2.24, 2.45) is 5.92 Å². The predicted molar refractivity (Wildman–Crippen MR) is 86.0 cm³/mol. The SMILES string of the molecule is Cl.Nc1ccccc1CCC(=O)NCC1CCCCC1. The Kier molecular flexibility index (Phi) is 7.45. The molecule has 4 heteroatoms. The molecule has 1 aliphatic rings. The minimum atomic E-state index is 0. The molecule has 1 saturated carbocycles. The maximum atomic E-state index is 11.8. The summed E-state index contributed by atoms with van der Waals surface area (Å²) in [6.45, 7) is 0.850. The first kappa shape index (κ1) is 16.8. The quantitative estimate of drug-likeness (QED) is 0.819. The van der Waals surface area contributed by atoms with Crippen molar-refractivity contribution in [2.45, 2.75) is 44.9 Å². The third kappa shape index (κ3) is 5.41. The van der Waals surface area contributed by atoms with E-state index in [0.717, 1.165) is 24.2 Å². The summed E-state index contributed by atoms with van der Waals surface area (Å²) in [5, 5.41) is 3.06. The third-order valence-corrected chi connectivity index (χ3v) is 3.99. The molecule has 0 radical (unpaired) electrons. The van der Waals surface area contributed by atoms with Gasteiger partial charge in [-0.05, 0) is 36.8 Å². The van der Waals surface area contributed by atoms with Crippen LogP contribution in [0.1, 0.15) is 44.1 Å². The number of hydrogen-bond acceptors (Lipinski definition) is 2. The molecule has 20 heavy (non-hydrogen) atoms. The van der Waals surface area contributed by atoms with Crippen LogP contribution >= 0.6 is 12.4 Å². The van der Waals surface area contributed by atoms with E-state index in [4.69, 9.17) is 5.73 Å². The van der Waals surface area contributed by atoms with Crippen LogP contribution in [0.15, 0.2) is 24.3 Å². The van der Waals surface area contributed by atoms with Crippen molar-refractivity contribution in [3.8, 4) is 0 Å². The molecule has 1 aromatic rings. The number of nitrogens with one attached hydrogen (secondary N) is 1. The van der Waals surface area contributed by atoms with Crippen molar-refractivity contribution in [1.29, 1.82) is 0 Å². The van der Waals surface area contributed by atoms with Gasteiger partial charge in [0.05, 0.1) is 0 Å². The van der Waals surface area contributed by atoms with Gasteiger partial charge in [0.25, 0.3) is 0 Å². The van der Waals surface area contributed by atoms with Gasteiger partial charge in [-0.3, -0.25) is 4.79 Å². The van der Waals surface area contributed by atoms with Gasteiger partial charge in [-0.15, -0.1) is 12.4 Å². The molecule has 0 bridgehead atoms. The maximum absolute atomic E-state index is 11.8. The Labute approximate surface area is 127 Å². The molecule has 0 spiro atoms. The Bertz CT molecular complexity index is 417. The summed E-state index contributed by atoms with van der Waals surface area (Å²) in [6.07, 6.45) is 7.79. The standard InChI is InChI=1S/C16H24N2O.ClH/c17-15-9-5-4-8-14(15)10-11-16(19)18-12-13-6-2-1-3-7-13;/h4-5,8-9,13H,1-3,6-7,10-12,17H2,(H,18,19);1H. The molecule has 0 aliphatic heterocycles. The second kappa shape index (κ2) is 8.85. The lowest BCUT2D eigenvalue weighted by Gasteiger charge is -2.21. The first-order valence-electron chi connectivity index (χ1n) is 7.36. The molecule has 1 aliphatic carbocycles. The molecule has 1 amide bonds. The number of halogens is 1. The van der Waals surface area contributed by atoms with Crippen LogP contribution < -0.4 is 11.1 Å². The van der Waals surface area contributed by atoms with Gasteiger partial charge in [0, 0.05) is 18.7 Å². The number of nitrogen functional groups attached to an aromatic ring is 1. The van der Waals surface area contributed by atoms with E-state index in [2.05, 4.69) is 5.32 Å². The van der Waals surface area contributed by atoms with Crippen LogP contribution in [-0.2, 0) is 11.2 Å². The number of nitrogens with two attached hydrogens (primary N) is 1. The molecule has 0 atom stereocenters. The second-order valence-corrected chi connectivity index (χ2v) is 5.51. The Morgan fingerprint density at radius 3 is 2.60 bits per heavy atom. The Hall–Kier alpha value is -1.22. The molecule has 0 aromatic heterocycles. The molecule has 1 aromatic carbocycles. The van der Waals surface area contributed by atoms with E-state index < -0.39 is 0 Å². The predicted octanol–water partition coefficient (Wildman–Crippen LogP) is 3.32. The van der Waals surface area contributed by atoms with E-state index in [9.17, 15) is 4.79 Å². The summed E-state index contributed by atoms with van der Waals surface area (Å²) in [7, 11) is 0. The van der Waals surface area contributed by atoms with Gasteiger partial charge < -0.3 is 11.1 Å². The molecule has 3 N–H and O–H groups in total. The number of carbonyl (C=O) groups excluding carboxylic acids is 1. The lowest BCUT2D eigenvalue weighted by Crippen LogP contribution is -2.30. The van der Waals surface area contributed by atoms with Gasteiger partial charge in [0.2, 0.25) is 5.91 Å². The van der Waals surface area contributed by atoms with Gasteiger partial charge in [0.15, 0.2) is 0 Å². The molecule has 0 heterocycles. The zero-order valence-electron chi connectivity index (χ0n) is 11.9. The molecule has 1 fully saturated rings. The van der Waals surface area contributed by atoms with Crippen molar-refractivity contribution < 1.29 is 4.79 Å². The summed E-state index contributed by atoms with van der Waals surface area (Å²) in [6, 6.07) is 7.76. The first-order valence-corrected chi connectivity index (χ1v) is 7.36. The van der Waals surface area contributed by atoms with E-state index in [1.54, 1.807) is 0 Å². The topological polar surface area (TPSA) is 55.1 Å². The molecule has 112 valence electrons. The van der Waals surface area contributed by atoms with Crippen molar-refractivity contribution >= 4 is 24.0 Å². The van der Waals surface area contributed by atoms with Gasteiger partial charge in [-0.1, -0.05) is 37.5 Å². The summed E-state index contributed by atoms with van der Waals surface area (Å²) >= 11 is 0.